The number of thioether (sulfide) groups is 1. The molecule has 0 aliphatic heterocycles. The first-order valence-corrected chi connectivity index (χ1v) is 7.26. The van der Waals surface area contributed by atoms with Crippen LogP contribution in [-0.2, 0) is 0 Å². The van der Waals surface area contributed by atoms with Gasteiger partial charge >= 0.3 is 5.88 Å². The normalized spacial score (nSPS) is 9.71. The third kappa shape index (κ3) is 2.62. The van der Waals surface area contributed by atoms with Gasteiger partial charge in [0, 0.05) is 10.5 Å². The number of nitrogen functional groups attached to an aromatic ring is 1. The number of nitrogens with one attached hydrogen (secondary N) is 1. The highest BCUT2D eigenvalue weighted by molar-refractivity contribution is 7.98. The number of rotatable bonds is 3. The third-order valence-electron chi connectivity index (χ3n) is 3.05. The van der Waals surface area contributed by atoms with Gasteiger partial charge in [0.1, 0.15) is 17.7 Å². The lowest BCUT2D eigenvalue weighted by atomic mass is 9.96. The molecule has 0 saturated heterocycles. The van der Waals surface area contributed by atoms with Crippen LogP contribution >= 0.6 is 11.8 Å². The van der Waals surface area contributed by atoms with Gasteiger partial charge in [-0.3, -0.25) is 5.73 Å². The summed E-state index contributed by atoms with van der Waals surface area (Å²) in [7, 11) is 1.44. The van der Waals surface area contributed by atoms with Gasteiger partial charge < -0.3 is 4.74 Å². The fourth-order valence-corrected chi connectivity index (χ4v) is 2.45. The molecule has 0 spiro atoms. The van der Waals surface area contributed by atoms with Crippen LogP contribution in [-0.4, -0.2) is 13.4 Å². The van der Waals surface area contributed by atoms with Crippen molar-refractivity contribution in [1.82, 2.24) is 0 Å². The van der Waals surface area contributed by atoms with E-state index in [0.29, 0.717) is 5.56 Å². The first kappa shape index (κ1) is 14.7. The maximum atomic E-state index is 9.40. The predicted molar refractivity (Wildman–Crippen MR) is 80.6 cm³/mol. The number of aromatic nitrogens is 1. The first-order chi connectivity index (χ1) is 10.2. The summed E-state index contributed by atoms with van der Waals surface area (Å²) in [5.74, 6) is 0.426. The van der Waals surface area contributed by atoms with Crippen molar-refractivity contribution in [2.75, 3.05) is 19.1 Å². The standard InChI is InChI=1S/C15H12N4OS/c1-20-15-12(8-17)13(11(7-16)14(18)19-15)9-3-5-10(21-2)6-4-9/h3-6H,1-2H3,(H2,18,19)/p+1. The Morgan fingerprint density at radius 3 is 2.24 bits per heavy atom. The second-order valence-corrected chi connectivity index (χ2v) is 5.03. The summed E-state index contributed by atoms with van der Waals surface area (Å²) in [6.07, 6.45) is 1.98. The fraction of sp³-hybridized carbons (Fsp3) is 0.133. The van der Waals surface area contributed by atoms with Gasteiger partial charge in [-0.15, -0.1) is 11.8 Å². The maximum Gasteiger partial charge on any atom is 0.300 e. The Morgan fingerprint density at radius 2 is 1.76 bits per heavy atom. The molecule has 0 atom stereocenters. The minimum absolute atomic E-state index is 0.178. The van der Waals surface area contributed by atoms with Gasteiger partial charge in [0.25, 0.3) is 5.82 Å². The smallest absolute Gasteiger partial charge is 0.300 e. The molecule has 0 aliphatic carbocycles. The highest BCUT2D eigenvalue weighted by Gasteiger charge is 2.23. The summed E-state index contributed by atoms with van der Waals surface area (Å²) in [6.45, 7) is 0. The maximum absolute atomic E-state index is 9.40. The fourth-order valence-electron chi connectivity index (χ4n) is 2.04. The van der Waals surface area contributed by atoms with E-state index < -0.39 is 0 Å². The summed E-state index contributed by atoms with van der Waals surface area (Å²) in [6, 6.07) is 11.7. The molecule has 1 aromatic heterocycles. The van der Waals surface area contributed by atoms with Crippen molar-refractivity contribution in [3.05, 3.63) is 35.4 Å². The minimum atomic E-state index is 0.178. The van der Waals surface area contributed by atoms with Crippen LogP contribution < -0.4 is 15.5 Å². The number of hydrogen-bond acceptors (Lipinski definition) is 5. The molecule has 5 nitrogen and oxygen atoms in total. The lowest BCUT2D eigenvalue weighted by molar-refractivity contribution is -0.376. The van der Waals surface area contributed by atoms with Crippen LogP contribution in [0, 0.1) is 22.7 Å². The SMILES string of the molecule is COc1[nH+]c(N)c(C#N)c(-c2ccc(SC)cc2)c1C#N. The van der Waals surface area contributed by atoms with Crippen molar-refractivity contribution in [3.8, 4) is 29.1 Å². The number of methoxy groups -OCH3 is 1. The second kappa shape index (κ2) is 6.17. The van der Waals surface area contributed by atoms with Crippen molar-refractivity contribution < 1.29 is 9.72 Å². The molecule has 0 bridgehead atoms. The van der Waals surface area contributed by atoms with E-state index in [4.69, 9.17) is 10.5 Å². The number of hydrogen-bond donors (Lipinski definition) is 1. The number of nitriles is 2. The zero-order chi connectivity index (χ0) is 15.4. The van der Waals surface area contributed by atoms with Gasteiger partial charge in [-0.2, -0.15) is 10.5 Å². The number of nitrogens with zero attached hydrogens (tertiary/aromatic N) is 2. The summed E-state index contributed by atoms with van der Waals surface area (Å²) in [4.78, 5) is 3.83. The quantitative estimate of drug-likeness (QED) is 0.876. The van der Waals surface area contributed by atoms with Gasteiger partial charge in [-0.1, -0.05) is 12.1 Å². The van der Waals surface area contributed by atoms with Crippen LogP contribution in [0.25, 0.3) is 11.1 Å². The van der Waals surface area contributed by atoms with Crippen LogP contribution in [0.15, 0.2) is 29.2 Å². The number of pyridine rings is 1. The van der Waals surface area contributed by atoms with Crippen molar-refractivity contribution in [2.45, 2.75) is 4.90 Å². The molecule has 0 amide bonds. The lowest BCUT2D eigenvalue weighted by Crippen LogP contribution is -2.18. The lowest BCUT2D eigenvalue weighted by Gasteiger charge is -2.09. The van der Waals surface area contributed by atoms with Crippen LogP contribution in [0.4, 0.5) is 5.82 Å². The average molecular weight is 297 g/mol. The molecule has 3 N–H and O–H groups in total. The van der Waals surface area contributed by atoms with E-state index in [1.165, 1.54) is 7.11 Å². The molecule has 0 aliphatic rings. The number of anilines is 1. The summed E-state index contributed by atoms with van der Waals surface area (Å²) in [5.41, 5.74) is 7.59. The summed E-state index contributed by atoms with van der Waals surface area (Å²) in [5, 5.41) is 18.7. The van der Waals surface area contributed by atoms with Gasteiger partial charge in [0.2, 0.25) is 0 Å². The Balaban J connectivity index is 2.79. The molecule has 104 valence electrons. The molecule has 0 radical (unpaired) electrons. The number of H-pyrrole nitrogens is 1. The predicted octanol–water partition coefficient (Wildman–Crippen LogP) is 2.22. The molecule has 0 saturated carbocycles. The molecule has 1 aromatic carbocycles. The zero-order valence-electron chi connectivity index (χ0n) is 11.6. The molecule has 1 heterocycles. The number of aromatic amines is 1. The largest absolute Gasteiger partial charge is 0.465 e. The van der Waals surface area contributed by atoms with Crippen LogP contribution in [0.5, 0.6) is 5.88 Å². The number of ether oxygens (including phenoxy) is 1. The van der Waals surface area contributed by atoms with Gasteiger partial charge in [-0.05, 0) is 24.0 Å². The molecule has 0 unspecified atom stereocenters. The summed E-state index contributed by atoms with van der Waals surface area (Å²) < 4.78 is 5.15. The van der Waals surface area contributed by atoms with E-state index in [2.05, 4.69) is 11.1 Å². The van der Waals surface area contributed by atoms with Crippen LogP contribution in [0.1, 0.15) is 11.1 Å². The van der Waals surface area contributed by atoms with Crippen molar-refractivity contribution in [2.24, 2.45) is 0 Å². The van der Waals surface area contributed by atoms with Gasteiger partial charge in [0.05, 0.1) is 7.11 Å². The van der Waals surface area contributed by atoms with Crippen molar-refractivity contribution >= 4 is 17.6 Å². The van der Waals surface area contributed by atoms with Gasteiger partial charge in [0.15, 0.2) is 5.56 Å². The molecule has 6 heteroatoms. The zero-order valence-corrected chi connectivity index (χ0v) is 12.4. The van der Waals surface area contributed by atoms with Crippen molar-refractivity contribution in [3.63, 3.8) is 0 Å². The van der Waals surface area contributed by atoms with E-state index in [-0.39, 0.29) is 22.8 Å². The molecule has 0 fully saturated rings. The van der Waals surface area contributed by atoms with E-state index in [1.54, 1.807) is 11.8 Å². The highest BCUT2D eigenvalue weighted by Crippen LogP contribution is 2.33. The Hall–Kier alpha value is -2.70. The first-order valence-electron chi connectivity index (χ1n) is 6.03. The highest BCUT2D eigenvalue weighted by atomic mass is 32.2. The van der Waals surface area contributed by atoms with E-state index >= 15 is 0 Å². The Labute approximate surface area is 127 Å². The molecular weight excluding hydrogens is 284 g/mol. The Bertz CT molecular complexity index is 757. The second-order valence-electron chi connectivity index (χ2n) is 4.15. The van der Waals surface area contributed by atoms with E-state index in [9.17, 15) is 10.5 Å². The average Bonchev–Trinajstić information content (AvgIpc) is 2.53. The van der Waals surface area contributed by atoms with E-state index in [1.807, 2.05) is 36.6 Å². The van der Waals surface area contributed by atoms with Gasteiger partial charge in [-0.25, -0.2) is 4.98 Å². The molecule has 2 aromatic rings. The molecule has 2 rings (SSSR count). The molecule has 21 heavy (non-hydrogen) atoms. The number of nitrogens with two attached hydrogens (primary N) is 1. The minimum Gasteiger partial charge on any atom is -0.465 e. The van der Waals surface area contributed by atoms with Crippen molar-refractivity contribution in [1.29, 1.82) is 10.5 Å². The molecular formula is C15H13N4OS+. The Morgan fingerprint density at radius 1 is 1.14 bits per heavy atom. The number of benzene rings is 1. The van der Waals surface area contributed by atoms with Crippen LogP contribution in [0.3, 0.4) is 0 Å². The topological polar surface area (TPSA) is 97.0 Å². The Kier molecular flexibility index (Phi) is 4.32. The monoisotopic (exact) mass is 297 g/mol. The van der Waals surface area contributed by atoms with Crippen LogP contribution in [0.2, 0.25) is 0 Å². The third-order valence-corrected chi connectivity index (χ3v) is 3.79. The summed E-state index contributed by atoms with van der Waals surface area (Å²) >= 11 is 1.62. The van der Waals surface area contributed by atoms with E-state index in [0.717, 1.165) is 10.5 Å².